The molecule has 0 aliphatic heterocycles. The van der Waals surface area contributed by atoms with E-state index in [1.165, 1.54) is 0 Å². The minimum Gasteiger partial charge on any atom is -0.264 e. The van der Waals surface area contributed by atoms with Crippen LogP contribution in [-0.2, 0) is 20.8 Å². The van der Waals surface area contributed by atoms with Crippen molar-refractivity contribution in [2.24, 2.45) is 0 Å². The summed E-state index contributed by atoms with van der Waals surface area (Å²) in [6.07, 6.45) is 0. The lowest BCUT2D eigenvalue weighted by Crippen LogP contribution is -1.89. The number of nitrogens with zero attached hydrogens (tertiary/aromatic N) is 1. The van der Waals surface area contributed by atoms with E-state index in [0.717, 1.165) is 0 Å². The monoisotopic (exact) mass is 259 g/mol. The highest BCUT2D eigenvalue weighted by Crippen LogP contribution is 1.59. The lowest BCUT2D eigenvalue weighted by molar-refractivity contribution is 0.378. The zero-order valence-corrected chi connectivity index (χ0v) is 8.12. The van der Waals surface area contributed by atoms with Crippen molar-refractivity contribution in [3.8, 4) is 6.57 Å². The first-order valence-electron chi connectivity index (χ1n) is 1.66. The van der Waals surface area contributed by atoms with Crippen LogP contribution in [0.25, 0.3) is 0 Å². The highest BCUT2D eigenvalue weighted by Gasteiger charge is 1.85. The van der Waals surface area contributed by atoms with E-state index in [9.17, 15) is 0 Å². The summed E-state index contributed by atoms with van der Waals surface area (Å²) in [7, 11) is -9.33. The summed E-state index contributed by atoms with van der Waals surface area (Å²) in [6.45, 7) is 3.50. The summed E-state index contributed by atoms with van der Waals surface area (Å²) in [4.78, 5) is 0. The topological polar surface area (TPSA) is 173 Å². The molecular formula is CH6ClNO8S2. The number of nitriles is 1. The third-order valence-corrected chi connectivity index (χ3v) is 0. The van der Waals surface area contributed by atoms with Crippen LogP contribution in [0.1, 0.15) is 0 Å². The third kappa shape index (κ3) is 4530. The van der Waals surface area contributed by atoms with Crippen molar-refractivity contribution in [3.05, 3.63) is 0 Å². The van der Waals surface area contributed by atoms with Crippen LogP contribution in [0.3, 0.4) is 0 Å². The SMILES string of the molecule is C#N.Cl.O=S(=O)(O)O.O=S(=O)(O)O. The highest BCUT2D eigenvalue weighted by atomic mass is 35.5. The average molecular weight is 260 g/mol. The van der Waals surface area contributed by atoms with Crippen molar-refractivity contribution in [3.63, 3.8) is 0 Å². The molecule has 0 bridgehead atoms. The Labute approximate surface area is 80.6 Å². The maximum Gasteiger partial charge on any atom is 0.394 e. The highest BCUT2D eigenvalue weighted by molar-refractivity contribution is 7.80. The Kier molecular flexibility index (Phi) is 16.9. The minimum absolute atomic E-state index is 0. The molecule has 0 saturated heterocycles. The van der Waals surface area contributed by atoms with E-state index < -0.39 is 20.8 Å². The molecule has 0 aromatic heterocycles. The van der Waals surface area contributed by atoms with Gasteiger partial charge in [-0.3, -0.25) is 18.2 Å². The fraction of sp³-hybridized carbons (Fsp3) is 0. The standard InChI is InChI=1S/CHN.ClH.2H2O4S/c1-2;;2*1-5(2,3)4/h1H;1H;2*(H2,1,2,3,4). The molecular weight excluding hydrogens is 254 g/mol. The summed E-state index contributed by atoms with van der Waals surface area (Å²) in [5.41, 5.74) is 0. The van der Waals surface area contributed by atoms with Crippen LogP contribution >= 0.6 is 12.4 Å². The second-order valence-electron chi connectivity index (χ2n) is 0.896. The molecule has 0 saturated carbocycles. The first-order chi connectivity index (χ1) is 5.00. The molecule has 0 rings (SSSR count). The lowest BCUT2D eigenvalue weighted by Gasteiger charge is -1.68. The van der Waals surface area contributed by atoms with Gasteiger partial charge in [0.2, 0.25) is 0 Å². The van der Waals surface area contributed by atoms with E-state index >= 15 is 0 Å². The molecule has 0 atom stereocenters. The van der Waals surface area contributed by atoms with E-state index in [2.05, 4.69) is 6.57 Å². The minimum atomic E-state index is -4.67. The fourth-order valence-electron chi connectivity index (χ4n) is 0. The molecule has 0 heterocycles. The second kappa shape index (κ2) is 9.61. The molecule has 0 aliphatic rings. The van der Waals surface area contributed by atoms with Gasteiger partial charge in [0.05, 0.1) is 0 Å². The Morgan fingerprint density at radius 2 is 0.769 bits per heavy atom. The fourth-order valence-corrected chi connectivity index (χ4v) is 0. The summed E-state index contributed by atoms with van der Waals surface area (Å²) in [6, 6.07) is 0. The van der Waals surface area contributed by atoms with E-state index in [-0.39, 0.29) is 12.4 Å². The van der Waals surface area contributed by atoms with Gasteiger partial charge in [-0.05, 0) is 0 Å². The molecule has 0 amide bonds. The summed E-state index contributed by atoms with van der Waals surface area (Å²) < 4.78 is 63.2. The smallest absolute Gasteiger partial charge is 0.264 e. The Morgan fingerprint density at radius 1 is 0.769 bits per heavy atom. The zero-order chi connectivity index (χ0) is 11.0. The molecule has 13 heavy (non-hydrogen) atoms. The van der Waals surface area contributed by atoms with Gasteiger partial charge in [0, 0.05) is 6.57 Å². The number of hydrogen-bond acceptors (Lipinski definition) is 5. The molecule has 0 spiro atoms. The van der Waals surface area contributed by atoms with Gasteiger partial charge in [0.1, 0.15) is 0 Å². The van der Waals surface area contributed by atoms with Crippen LogP contribution in [-0.4, -0.2) is 35.0 Å². The molecule has 82 valence electrons. The van der Waals surface area contributed by atoms with Crippen molar-refractivity contribution >= 4 is 33.2 Å². The summed E-state index contributed by atoms with van der Waals surface area (Å²) in [5, 5.41) is 6.50. The Hall–Kier alpha value is -0.480. The molecule has 0 unspecified atom stereocenters. The quantitative estimate of drug-likeness (QED) is 0.408. The average Bonchev–Trinajstić information content (AvgIpc) is 1.59. The van der Waals surface area contributed by atoms with Crippen molar-refractivity contribution in [2.45, 2.75) is 0 Å². The van der Waals surface area contributed by atoms with Crippen molar-refractivity contribution in [1.29, 1.82) is 5.26 Å². The van der Waals surface area contributed by atoms with Gasteiger partial charge in [-0.15, -0.1) is 12.4 Å². The molecule has 0 radical (unpaired) electrons. The van der Waals surface area contributed by atoms with E-state index in [4.69, 9.17) is 40.3 Å². The molecule has 0 aromatic rings. The van der Waals surface area contributed by atoms with Crippen LogP contribution in [0.5, 0.6) is 0 Å². The maximum absolute atomic E-state index is 8.74. The molecule has 9 nitrogen and oxygen atoms in total. The summed E-state index contributed by atoms with van der Waals surface area (Å²) in [5.74, 6) is 0. The second-order valence-corrected chi connectivity index (χ2v) is 2.69. The Balaban J connectivity index is -0.0000000491. The van der Waals surface area contributed by atoms with Gasteiger partial charge in [0.15, 0.2) is 0 Å². The largest absolute Gasteiger partial charge is 0.394 e. The first kappa shape index (κ1) is 22.9. The van der Waals surface area contributed by atoms with Crippen LogP contribution in [0.4, 0.5) is 0 Å². The van der Waals surface area contributed by atoms with Crippen molar-refractivity contribution < 1.29 is 35.0 Å². The molecule has 12 heteroatoms. The molecule has 0 aromatic carbocycles. The van der Waals surface area contributed by atoms with Gasteiger partial charge in [-0.1, -0.05) is 0 Å². The normalized spacial score (nSPS) is 9.08. The van der Waals surface area contributed by atoms with Gasteiger partial charge in [0.25, 0.3) is 0 Å². The Bertz CT molecular complexity index is 252. The van der Waals surface area contributed by atoms with Crippen LogP contribution < -0.4 is 0 Å². The summed E-state index contributed by atoms with van der Waals surface area (Å²) >= 11 is 0. The Morgan fingerprint density at radius 3 is 0.769 bits per heavy atom. The van der Waals surface area contributed by atoms with E-state index in [0.29, 0.717) is 0 Å². The van der Waals surface area contributed by atoms with Gasteiger partial charge in [-0.25, -0.2) is 5.26 Å². The van der Waals surface area contributed by atoms with Crippen LogP contribution in [0, 0.1) is 11.8 Å². The third-order valence-electron chi connectivity index (χ3n) is 0. The van der Waals surface area contributed by atoms with Crippen molar-refractivity contribution in [2.75, 3.05) is 0 Å². The van der Waals surface area contributed by atoms with Gasteiger partial charge < -0.3 is 0 Å². The van der Waals surface area contributed by atoms with E-state index in [1.807, 2.05) is 0 Å². The lowest BCUT2D eigenvalue weighted by atomic mass is 11.9. The number of halogens is 1. The van der Waals surface area contributed by atoms with Crippen LogP contribution in [0.2, 0.25) is 0 Å². The van der Waals surface area contributed by atoms with Gasteiger partial charge >= 0.3 is 20.8 Å². The molecule has 0 fully saturated rings. The molecule has 4 N–H and O–H groups in total. The van der Waals surface area contributed by atoms with Crippen LogP contribution in [0.15, 0.2) is 0 Å². The van der Waals surface area contributed by atoms with Crippen molar-refractivity contribution in [1.82, 2.24) is 0 Å². The molecule has 0 aliphatic carbocycles. The zero-order valence-electron chi connectivity index (χ0n) is 5.67. The predicted octanol–water partition coefficient (Wildman–Crippen LogP) is -0.744. The first-order valence-corrected chi connectivity index (χ1v) is 4.45. The van der Waals surface area contributed by atoms with E-state index in [1.54, 1.807) is 0 Å². The number of rotatable bonds is 0. The predicted molar refractivity (Wildman–Crippen MR) is 42.3 cm³/mol. The van der Waals surface area contributed by atoms with Gasteiger partial charge in [-0.2, -0.15) is 16.8 Å². The number of hydrogen-bond donors (Lipinski definition) is 4. The maximum atomic E-state index is 8.74.